The zero-order valence-corrected chi connectivity index (χ0v) is 16.5. The zero-order chi connectivity index (χ0) is 20.3. The van der Waals surface area contributed by atoms with Crippen LogP contribution in [-0.2, 0) is 12.3 Å². The summed E-state index contributed by atoms with van der Waals surface area (Å²) in [5.41, 5.74) is 2.06. The van der Waals surface area contributed by atoms with Crippen LogP contribution in [0.15, 0.2) is 85.9 Å². The summed E-state index contributed by atoms with van der Waals surface area (Å²) in [7, 11) is 0. The Morgan fingerprint density at radius 3 is 2.53 bits per heavy atom. The maximum atomic E-state index is 13.0. The maximum Gasteiger partial charge on any atom is 0.277 e. The smallest absolute Gasteiger partial charge is 0.277 e. The van der Waals surface area contributed by atoms with E-state index in [1.165, 1.54) is 22.7 Å². The van der Waals surface area contributed by atoms with Gasteiger partial charge in [-0.05, 0) is 11.6 Å². The minimum atomic E-state index is -0.168. The Kier molecular flexibility index (Phi) is 4.86. The van der Waals surface area contributed by atoms with Crippen LogP contribution in [0.3, 0.4) is 0 Å². The highest BCUT2D eigenvalue weighted by atomic mass is 32.2. The van der Waals surface area contributed by atoms with E-state index in [0.29, 0.717) is 34.0 Å². The molecule has 0 saturated carbocycles. The van der Waals surface area contributed by atoms with Crippen molar-refractivity contribution in [3.63, 3.8) is 0 Å². The average Bonchev–Trinajstić information content (AvgIpc) is 3.47. The van der Waals surface area contributed by atoms with Crippen LogP contribution < -0.4 is 5.56 Å². The highest BCUT2D eigenvalue weighted by molar-refractivity contribution is 7.98. The second kappa shape index (κ2) is 7.96. The first-order valence-electron chi connectivity index (χ1n) is 9.17. The molecule has 3 aromatic heterocycles. The zero-order valence-electron chi connectivity index (χ0n) is 15.6. The molecule has 5 rings (SSSR count). The molecule has 0 unspecified atom stereocenters. The molecule has 8 nitrogen and oxygen atoms in total. The molecule has 0 atom stereocenters. The van der Waals surface area contributed by atoms with Crippen LogP contribution in [-0.4, -0.2) is 25.1 Å². The van der Waals surface area contributed by atoms with Gasteiger partial charge < -0.3 is 8.94 Å². The summed E-state index contributed by atoms with van der Waals surface area (Å²) in [6.07, 6.45) is 1.52. The van der Waals surface area contributed by atoms with Crippen molar-refractivity contribution in [1.29, 1.82) is 0 Å². The number of rotatable bonds is 6. The number of nitrogens with zero attached hydrogens (tertiary/aromatic N) is 5. The Labute approximate surface area is 174 Å². The first-order valence-corrected chi connectivity index (χ1v) is 10.2. The van der Waals surface area contributed by atoms with Crippen LogP contribution in [0.4, 0.5) is 0 Å². The van der Waals surface area contributed by atoms with E-state index >= 15 is 0 Å². The summed E-state index contributed by atoms with van der Waals surface area (Å²) < 4.78 is 12.1. The van der Waals surface area contributed by atoms with Crippen LogP contribution >= 0.6 is 11.8 Å². The van der Waals surface area contributed by atoms with Crippen molar-refractivity contribution in [2.45, 2.75) is 17.5 Å². The third-order valence-electron chi connectivity index (χ3n) is 4.49. The van der Waals surface area contributed by atoms with Gasteiger partial charge in [0.1, 0.15) is 6.26 Å². The third-order valence-corrected chi connectivity index (χ3v) is 5.34. The van der Waals surface area contributed by atoms with Crippen molar-refractivity contribution in [3.8, 4) is 11.6 Å². The summed E-state index contributed by atoms with van der Waals surface area (Å²) in [5.74, 6) is 0.801. The Morgan fingerprint density at radius 1 is 0.933 bits per heavy atom. The van der Waals surface area contributed by atoms with E-state index in [-0.39, 0.29) is 11.4 Å². The highest BCUT2D eigenvalue weighted by Crippen LogP contribution is 2.27. The maximum absolute atomic E-state index is 13.0. The van der Waals surface area contributed by atoms with Gasteiger partial charge in [0, 0.05) is 17.2 Å². The number of benzene rings is 2. The molecule has 148 valence electrons. The monoisotopic (exact) mass is 417 g/mol. The first kappa shape index (κ1) is 18.3. The molecule has 0 aliphatic rings. The van der Waals surface area contributed by atoms with Gasteiger partial charge in [-0.15, -0.1) is 10.2 Å². The molecule has 0 radical (unpaired) electrons. The van der Waals surface area contributed by atoms with Crippen molar-refractivity contribution in [1.82, 2.24) is 25.1 Å². The van der Waals surface area contributed by atoms with E-state index in [4.69, 9.17) is 8.94 Å². The van der Waals surface area contributed by atoms with Crippen molar-refractivity contribution >= 4 is 22.5 Å². The molecular formula is C21H15N5O3S. The van der Waals surface area contributed by atoms with Crippen LogP contribution in [0, 0.1) is 0 Å². The third kappa shape index (κ3) is 3.62. The Balaban J connectivity index is 1.53. The number of fused-ring (bicyclic) bond motifs is 1. The SMILES string of the molecule is O=c1c2ccccc2c(-c2nnc(SCc3ccon3)o2)nn1Cc1ccccc1. The molecule has 0 N–H and O–H groups in total. The lowest BCUT2D eigenvalue weighted by atomic mass is 10.1. The van der Waals surface area contributed by atoms with E-state index in [9.17, 15) is 4.79 Å². The molecule has 0 spiro atoms. The van der Waals surface area contributed by atoms with E-state index in [2.05, 4.69) is 20.5 Å². The number of hydrogen-bond donors (Lipinski definition) is 0. The standard InChI is InChI=1S/C21H15N5O3S/c27-20-17-9-5-4-8-16(17)18(24-26(20)12-14-6-2-1-3-7-14)19-22-23-21(29-19)30-13-15-10-11-28-25-15/h1-11H,12-13H2. The van der Waals surface area contributed by atoms with E-state index in [1.54, 1.807) is 12.1 Å². The van der Waals surface area contributed by atoms with E-state index in [1.807, 2.05) is 48.5 Å². The van der Waals surface area contributed by atoms with Crippen LogP contribution in [0.5, 0.6) is 0 Å². The second-order valence-electron chi connectivity index (χ2n) is 6.50. The van der Waals surface area contributed by atoms with Crippen LogP contribution in [0.25, 0.3) is 22.4 Å². The van der Waals surface area contributed by atoms with Gasteiger partial charge in [-0.1, -0.05) is 65.4 Å². The minimum absolute atomic E-state index is 0.168. The van der Waals surface area contributed by atoms with Gasteiger partial charge in [0.2, 0.25) is 0 Å². The summed E-state index contributed by atoms with van der Waals surface area (Å²) in [4.78, 5) is 13.0. The fourth-order valence-electron chi connectivity index (χ4n) is 3.07. The van der Waals surface area contributed by atoms with Gasteiger partial charge in [-0.25, -0.2) is 4.68 Å². The molecule has 0 fully saturated rings. The number of hydrogen-bond acceptors (Lipinski definition) is 8. The Morgan fingerprint density at radius 2 is 1.73 bits per heavy atom. The van der Waals surface area contributed by atoms with E-state index in [0.717, 1.165) is 11.3 Å². The number of aromatic nitrogens is 5. The molecule has 2 aromatic carbocycles. The summed E-state index contributed by atoms with van der Waals surface area (Å²) in [5, 5.41) is 18.3. The summed E-state index contributed by atoms with van der Waals surface area (Å²) >= 11 is 1.35. The fraction of sp³-hybridized carbons (Fsp3) is 0.0952. The van der Waals surface area contributed by atoms with Crippen LogP contribution in [0.1, 0.15) is 11.3 Å². The molecule has 0 aliphatic heterocycles. The Hall–Kier alpha value is -3.72. The number of thioether (sulfide) groups is 1. The quantitative estimate of drug-likeness (QED) is 0.385. The lowest BCUT2D eigenvalue weighted by Crippen LogP contribution is -2.24. The molecule has 3 heterocycles. The second-order valence-corrected chi connectivity index (χ2v) is 7.42. The summed E-state index contributed by atoms with van der Waals surface area (Å²) in [6, 6.07) is 18.8. The largest absolute Gasteiger partial charge is 0.409 e. The molecular weight excluding hydrogens is 402 g/mol. The van der Waals surface area contributed by atoms with E-state index < -0.39 is 0 Å². The van der Waals surface area contributed by atoms with Gasteiger partial charge in [-0.2, -0.15) is 5.10 Å². The van der Waals surface area contributed by atoms with Gasteiger partial charge >= 0.3 is 0 Å². The minimum Gasteiger partial charge on any atom is -0.409 e. The Bertz CT molecular complexity index is 1350. The predicted octanol–water partition coefficient (Wildman–Crippen LogP) is 3.78. The molecule has 30 heavy (non-hydrogen) atoms. The topological polar surface area (TPSA) is 99.8 Å². The van der Waals surface area contributed by atoms with Crippen molar-refractivity contribution in [2.75, 3.05) is 0 Å². The average molecular weight is 417 g/mol. The fourth-order valence-corrected chi connectivity index (χ4v) is 3.72. The summed E-state index contributed by atoms with van der Waals surface area (Å²) in [6.45, 7) is 0.347. The van der Waals surface area contributed by atoms with Gasteiger partial charge in [-0.3, -0.25) is 4.79 Å². The lowest BCUT2D eigenvalue weighted by molar-refractivity contribution is 0.414. The molecule has 0 bridgehead atoms. The van der Waals surface area contributed by atoms with Crippen molar-refractivity contribution in [2.24, 2.45) is 0 Å². The molecule has 0 saturated heterocycles. The van der Waals surface area contributed by atoms with Crippen molar-refractivity contribution < 1.29 is 8.94 Å². The molecule has 0 aliphatic carbocycles. The molecule has 5 aromatic rings. The van der Waals surface area contributed by atoms with Gasteiger partial charge in [0.25, 0.3) is 16.7 Å². The normalized spacial score (nSPS) is 11.2. The lowest BCUT2D eigenvalue weighted by Gasteiger charge is -2.09. The molecule has 9 heteroatoms. The first-order chi connectivity index (χ1) is 14.8. The van der Waals surface area contributed by atoms with Gasteiger partial charge in [0.15, 0.2) is 5.69 Å². The van der Waals surface area contributed by atoms with Crippen LogP contribution in [0.2, 0.25) is 0 Å². The highest BCUT2D eigenvalue weighted by Gasteiger charge is 2.18. The van der Waals surface area contributed by atoms with Crippen molar-refractivity contribution in [3.05, 3.63) is 88.5 Å². The molecule has 0 amide bonds. The predicted molar refractivity (Wildman–Crippen MR) is 111 cm³/mol. The van der Waals surface area contributed by atoms with Gasteiger partial charge in [0.05, 0.1) is 17.6 Å².